The highest BCUT2D eigenvalue weighted by Gasteiger charge is 2.35. The molecule has 5 nitrogen and oxygen atoms in total. The number of para-hydroxylation sites is 2. The number of nitrogens with one attached hydrogen (secondary N) is 1. The van der Waals surface area contributed by atoms with Crippen molar-refractivity contribution >= 4 is 23.2 Å². The summed E-state index contributed by atoms with van der Waals surface area (Å²) >= 11 is 0. The second kappa shape index (κ2) is 7.51. The Balaban J connectivity index is 1.70. The van der Waals surface area contributed by atoms with Crippen LogP contribution in [0.3, 0.4) is 0 Å². The standard InChI is InChI=1S/C19H18F2N2O3/c1-12-6-8-14(9-7-12)23-11-13(10-17(23)24)18(25)22-15-4-2-3-5-16(15)26-19(20)21/h2-9,13,19H,10-11H2,1H3,(H,22,25)/t13-/m1/s1. The molecule has 26 heavy (non-hydrogen) atoms. The number of rotatable bonds is 5. The lowest BCUT2D eigenvalue weighted by atomic mass is 10.1. The number of aryl methyl sites for hydroxylation is 1. The summed E-state index contributed by atoms with van der Waals surface area (Å²) in [6.45, 7) is -0.797. The molecule has 2 aromatic carbocycles. The summed E-state index contributed by atoms with van der Waals surface area (Å²) in [4.78, 5) is 26.3. The molecule has 136 valence electrons. The Labute approximate surface area is 149 Å². The SMILES string of the molecule is Cc1ccc(N2C[C@H](C(=O)Nc3ccccc3OC(F)F)CC2=O)cc1. The fourth-order valence-electron chi connectivity index (χ4n) is 2.86. The molecule has 0 unspecified atom stereocenters. The minimum atomic E-state index is -2.99. The van der Waals surface area contributed by atoms with E-state index in [0.717, 1.165) is 11.3 Å². The van der Waals surface area contributed by atoms with Gasteiger partial charge in [-0.25, -0.2) is 0 Å². The fraction of sp³-hybridized carbons (Fsp3) is 0.263. The van der Waals surface area contributed by atoms with Gasteiger partial charge in [0, 0.05) is 18.7 Å². The molecule has 0 bridgehead atoms. The molecule has 2 amide bonds. The van der Waals surface area contributed by atoms with Crippen LogP contribution in [0.15, 0.2) is 48.5 Å². The third kappa shape index (κ3) is 3.99. The number of carbonyl (C=O) groups excluding carboxylic acids is 2. The van der Waals surface area contributed by atoms with Gasteiger partial charge in [-0.2, -0.15) is 8.78 Å². The highest BCUT2D eigenvalue weighted by atomic mass is 19.3. The predicted octanol–water partition coefficient (Wildman–Crippen LogP) is 3.59. The number of amides is 2. The van der Waals surface area contributed by atoms with Crippen LogP contribution in [0.5, 0.6) is 5.75 Å². The quantitative estimate of drug-likeness (QED) is 0.887. The molecule has 1 N–H and O–H groups in total. The van der Waals surface area contributed by atoms with E-state index >= 15 is 0 Å². The molecule has 0 saturated carbocycles. The largest absolute Gasteiger partial charge is 0.433 e. The molecular weight excluding hydrogens is 342 g/mol. The number of alkyl halides is 2. The minimum absolute atomic E-state index is 0.0670. The smallest absolute Gasteiger partial charge is 0.387 e. The van der Waals surface area contributed by atoms with E-state index in [-0.39, 0.29) is 30.3 Å². The van der Waals surface area contributed by atoms with Crippen molar-refractivity contribution in [2.24, 2.45) is 5.92 Å². The van der Waals surface area contributed by atoms with Crippen molar-refractivity contribution in [2.45, 2.75) is 20.0 Å². The zero-order valence-corrected chi connectivity index (χ0v) is 14.1. The van der Waals surface area contributed by atoms with Gasteiger partial charge in [-0.1, -0.05) is 29.8 Å². The maximum atomic E-state index is 12.5. The molecule has 0 spiro atoms. The van der Waals surface area contributed by atoms with Gasteiger partial charge >= 0.3 is 6.61 Å². The Hall–Kier alpha value is -2.96. The number of hydrogen-bond acceptors (Lipinski definition) is 3. The Bertz CT molecular complexity index is 809. The van der Waals surface area contributed by atoms with Crippen LogP contribution in [0.25, 0.3) is 0 Å². The third-order valence-corrected chi connectivity index (χ3v) is 4.20. The van der Waals surface area contributed by atoms with Crippen LogP contribution in [0.2, 0.25) is 0 Å². The number of nitrogens with zero attached hydrogens (tertiary/aromatic N) is 1. The summed E-state index contributed by atoms with van der Waals surface area (Å²) in [5.74, 6) is -1.23. The van der Waals surface area contributed by atoms with Crippen molar-refractivity contribution in [3.05, 3.63) is 54.1 Å². The van der Waals surface area contributed by atoms with Gasteiger partial charge in [0.05, 0.1) is 11.6 Å². The predicted molar refractivity (Wildman–Crippen MR) is 93.3 cm³/mol. The van der Waals surface area contributed by atoms with E-state index in [1.54, 1.807) is 11.0 Å². The second-order valence-electron chi connectivity index (χ2n) is 6.10. The van der Waals surface area contributed by atoms with Crippen molar-refractivity contribution in [3.63, 3.8) is 0 Å². The van der Waals surface area contributed by atoms with Gasteiger partial charge in [0.15, 0.2) is 0 Å². The highest BCUT2D eigenvalue weighted by Crippen LogP contribution is 2.29. The molecule has 2 aromatic rings. The van der Waals surface area contributed by atoms with E-state index in [0.29, 0.717) is 0 Å². The average molecular weight is 360 g/mol. The molecule has 0 aromatic heterocycles. The van der Waals surface area contributed by atoms with E-state index in [9.17, 15) is 18.4 Å². The monoisotopic (exact) mass is 360 g/mol. The first kappa shape index (κ1) is 17.8. The molecule has 1 aliphatic heterocycles. The summed E-state index contributed by atoms with van der Waals surface area (Å²) in [6, 6.07) is 13.4. The first-order chi connectivity index (χ1) is 12.4. The van der Waals surface area contributed by atoms with Gasteiger partial charge in [-0.15, -0.1) is 0 Å². The molecule has 1 saturated heterocycles. The number of ether oxygens (including phenoxy) is 1. The lowest BCUT2D eigenvalue weighted by Crippen LogP contribution is -2.28. The molecule has 1 heterocycles. The number of hydrogen-bond donors (Lipinski definition) is 1. The average Bonchev–Trinajstić information content (AvgIpc) is 2.99. The van der Waals surface area contributed by atoms with E-state index in [2.05, 4.69) is 10.1 Å². The van der Waals surface area contributed by atoms with Gasteiger partial charge in [0.2, 0.25) is 11.8 Å². The molecule has 1 aliphatic rings. The fourth-order valence-corrected chi connectivity index (χ4v) is 2.86. The summed E-state index contributed by atoms with van der Waals surface area (Å²) in [7, 11) is 0. The summed E-state index contributed by atoms with van der Waals surface area (Å²) in [5.41, 5.74) is 1.96. The van der Waals surface area contributed by atoms with Crippen molar-refractivity contribution in [2.75, 3.05) is 16.8 Å². The lowest BCUT2D eigenvalue weighted by Gasteiger charge is -2.17. The summed E-state index contributed by atoms with van der Waals surface area (Å²) in [6.07, 6.45) is 0.0670. The van der Waals surface area contributed by atoms with Crippen molar-refractivity contribution in [3.8, 4) is 5.75 Å². The van der Waals surface area contributed by atoms with Crippen LogP contribution in [0.1, 0.15) is 12.0 Å². The van der Waals surface area contributed by atoms with Gasteiger partial charge < -0.3 is 15.0 Å². The van der Waals surface area contributed by atoms with Crippen molar-refractivity contribution in [1.29, 1.82) is 0 Å². The zero-order chi connectivity index (χ0) is 18.7. The van der Waals surface area contributed by atoms with Crippen LogP contribution < -0.4 is 15.0 Å². The van der Waals surface area contributed by atoms with E-state index in [1.807, 2.05) is 31.2 Å². The van der Waals surface area contributed by atoms with Gasteiger partial charge in [0.1, 0.15) is 5.75 Å². The van der Waals surface area contributed by atoms with Crippen molar-refractivity contribution in [1.82, 2.24) is 0 Å². The van der Waals surface area contributed by atoms with Crippen LogP contribution in [0, 0.1) is 12.8 Å². The maximum Gasteiger partial charge on any atom is 0.387 e. The minimum Gasteiger partial charge on any atom is -0.433 e. The van der Waals surface area contributed by atoms with Crippen LogP contribution in [-0.2, 0) is 9.59 Å². The number of halogens is 2. The van der Waals surface area contributed by atoms with Gasteiger partial charge in [0.25, 0.3) is 0 Å². The Kier molecular flexibility index (Phi) is 5.16. The van der Waals surface area contributed by atoms with Crippen molar-refractivity contribution < 1.29 is 23.1 Å². The molecule has 3 rings (SSSR count). The molecule has 7 heteroatoms. The van der Waals surface area contributed by atoms with Crippen LogP contribution in [-0.4, -0.2) is 25.0 Å². The lowest BCUT2D eigenvalue weighted by molar-refractivity contribution is -0.122. The van der Waals surface area contributed by atoms with Gasteiger partial charge in [-0.3, -0.25) is 9.59 Å². The third-order valence-electron chi connectivity index (χ3n) is 4.20. The Morgan fingerprint density at radius 3 is 2.58 bits per heavy atom. The van der Waals surface area contributed by atoms with Crippen LogP contribution in [0.4, 0.5) is 20.2 Å². The number of carbonyl (C=O) groups is 2. The number of anilines is 2. The Morgan fingerprint density at radius 1 is 1.19 bits per heavy atom. The molecule has 0 radical (unpaired) electrons. The molecular formula is C19H18F2N2O3. The normalized spacial score (nSPS) is 16.8. The maximum absolute atomic E-state index is 12.5. The first-order valence-corrected chi connectivity index (χ1v) is 8.16. The molecule has 1 atom stereocenters. The topological polar surface area (TPSA) is 58.6 Å². The molecule has 0 aliphatic carbocycles. The van der Waals surface area contributed by atoms with E-state index in [4.69, 9.17) is 0 Å². The highest BCUT2D eigenvalue weighted by molar-refractivity contribution is 6.03. The molecule has 1 fully saturated rings. The first-order valence-electron chi connectivity index (χ1n) is 8.16. The summed E-state index contributed by atoms with van der Waals surface area (Å²) < 4.78 is 29.3. The van der Waals surface area contributed by atoms with Crippen LogP contribution >= 0.6 is 0 Å². The Morgan fingerprint density at radius 2 is 1.88 bits per heavy atom. The number of benzene rings is 2. The van der Waals surface area contributed by atoms with Gasteiger partial charge in [-0.05, 0) is 31.2 Å². The summed E-state index contributed by atoms with van der Waals surface area (Å²) in [5, 5.41) is 2.58. The van der Waals surface area contributed by atoms with E-state index in [1.165, 1.54) is 18.2 Å². The zero-order valence-electron chi connectivity index (χ0n) is 14.1. The second-order valence-corrected chi connectivity index (χ2v) is 6.10. The van der Waals surface area contributed by atoms with E-state index < -0.39 is 18.4 Å².